The van der Waals surface area contributed by atoms with Crippen molar-refractivity contribution in [3.05, 3.63) is 39.0 Å². The van der Waals surface area contributed by atoms with Gasteiger partial charge < -0.3 is 0 Å². The maximum absolute atomic E-state index is 13.6. The van der Waals surface area contributed by atoms with Crippen molar-refractivity contribution in [1.82, 2.24) is 9.78 Å². The predicted octanol–water partition coefficient (Wildman–Crippen LogP) is 6.80. The average molecular weight is 488 g/mol. The third-order valence-corrected chi connectivity index (χ3v) is 11.3. The van der Waals surface area contributed by atoms with Crippen molar-refractivity contribution in [3.63, 3.8) is 0 Å². The summed E-state index contributed by atoms with van der Waals surface area (Å²) in [6.07, 6.45) is -9.72. The fraction of sp³-hybridized carbons (Fsp3) is 0.444. The molecule has 0 bridgehead atoms. The maximum atomic E-state index is 13.6. The summed E-state index contributed by atoms with van der Waals surface area (Å²) in [6.45, 7) is 8.91. The fourth-order valence-electron chi connectivity index (χ4n) is 2.75. The van der Waals surface area contributed by atoms with E-state index in [1.54, 1.807) is 39.9 Å². The molecule has 2 rings (SSSR count). The average Bonchev–Trinajstić information content (AvgIpc) is 2.92. The first-order chi connectivity index (χ1) is 13.3. The van der Waals surface area contributed by atoms with Gasteiger partial charge in [-0.15, -0.1) is 0 Å². The van der Waals surface area contributed by atoms with Gasteiger partial charge in [0.2, 0.25) is 0 Å². The number of benzene rings is 1. The van der Waals surface area contributed by atoms with Crippen LogP contribution in [-0.4, -0.2) is 17.9 Å². The van der Waals surface area contributed by atoms with Crippen LogP contribution in [0.25, 0.3) is 5.69 Å². The Hall–Kier alpha value is -1.70. The quantitative estimate of drug-likeness (QED) is 0.345. The van der Waals surface area contributed by atoms with Gasteiger partial charge in [0.25, 0.3) is 0 Å². The van der Waals surface area contributed by atoms with Crippen molar-refractivity contribution in [2.75, 3.05) is 0 Å². The second kappa shape index (κ2) is 7.46. The van der Waals surface area contributed by atoms with E-state index in [1.807, 2.05) is 0 Å². The van der Waals surface area contributed by atoms with Crippen LogP contribution in [0.15, 0.2) is 12.1 Å². The molecule has 0 saturated heterocycles. The lowest BCUT2D eigenvalue weighted by atomic mass is 10.2. The van der Waals surface area contributed by atoms with Crippen LogP contribution in [0.4, 0.5) is 26.3 Å². The van der Waals surface area contributed by atoms with Crippen LogP contribution in [0, 0.1) is 11.3 Å². The van der Waals surface area contributed by atoms with E-state index in [0.717, 1.165) is 4.68 Å². The molecule has 0 N–H and O–H groups in total. The van der Waals surface area contributed by atoms with Crippen molar-refractivity contribution in [1.29, 1.82) is 5.26 Å². The predicted molar refractivity (Wildman–Crippen MR) is 105 cm³/mol. The number of nitriles is 1. The number of hydrogen-bond donors (Lipinski definition) is 0. The van der Waals surface area contributed by atoms with Gasteiger partial charge >= 0.3 is 12.4 Å². The molecule has 0 aliphatic carbocycles. The van der Waals surface area contributed by atoms with Crippen molar-refractivity contribution >= 4 is 36.6 Å². The molecule has 30 heavy (non-hydrogen) atoms. The van der Waals surface area contributed by atoms with Gasteiger partial charge in [-0.05, 0) is 17.2 Å². The van der Waals surface area contributed by atoms with Gasteiger partial charge in [-0.25, -0.2) is 4.68 Å². The zero-order chi connectivity index (χ0) is 23.4. The van der Waals surface area contributed by atoms with Gasteiger partial charge in [-0.2, -0.15) is 36.7 Å². The second-order valence-corrected chi connectivity index (χ2v) is 14.3. The van der Waals surface area contributed by atoms with E-state index < -0.39 is 52.3 Å². The molecule has 1 heterocycles. The van der Waals surface area contributed by atoms with Crippen molar-refractivity contribution < 1.29 is 26.3 Å². The van der Waals surface area contributed by atoms with Crippen LogP contribution in [0.5, 0.6) is 0 Å². The van der Waals surface area contributed by atoms with Gasteiger partial charge in [-0.3, -0.25) is 0 Å². The lowest BCUT2D eigenvalue weighted by Crippen LogP contribution is -2.53. The zero-order valence-corrected chi connectivity index (χ0v) is 19.0. The Morgan fingerprint density at radius 1 is 0.967 bits per heavy atom. The number of nitrogens with zero attached hydrogens (tertiary/aromatic N) is 3. The van der Waals surface area contributed by atoms with Gasteiger partial charge in [0.05, 0.1) is 15.6 Å². The zero-order valence-electron chi connectivity index (χ0n) is 16.5. The van der Waals surface area contributed by atoms with E-state index >= 15 is 0 Å². The Labute approximate surface area is 180 Å². The molecule has 0 radical (unpaired) electrons. The SMILES string of the molecule is CC(C)(C)[Si](C)(C)c1c(C#N)c(C(F)(F)F)nn1-c1c(Cl)cc(C(F)(F)F)cc1Cl. The minimum atomic E-state index is -4.96. The molecule has 2 aromatic rings. The molecule has 0 unspecified atom stereocenters. The highest BCUT2D eigenvalue weighted by Crippen LogP contribution is 2.42. The molecule has 0 atom stereocenters. The first kappa shape index (κ1) is 24.6. The molecule has 3 nitrogen and oxygen atoms in total. The molecule has 0 spiro atoms. The summed E-state index contributed by atoms with van der Waals surface area (Å²) in [7, 11) is -2.89. The molecule has 0 aliphatic rings. The Kier molecular flexibility index (Phi) is 6.11. The standard InChI is InChI=1S/C18H17Cl2F6N3Si/c1-16(2,3)30(4,5)15-10(8-27)14(18(24,25)26)28-29(15)13-11(19)6-9(7-12(13)20)17(21,22)23/h6-7H,1-5H3. The van der Waals surface area contributed by atoms with Gasteiger partial charge in [0, 0.05) is 5.32 Å². The topological polar surface area (TPSA) is 41.6 Å². The van der Waals surface area contributed by atoms with Crippen LogP contribution in [0.2, 0.25) is 28.2 Å². The van der Waals surface area contributed by atoms with Crippen LogP contribution >= 0.6 is 23.2 Å². The van der Waals surface area contributed by atoms with Gasteiger partial charge in [-0.1, -0.05) is 57.1 Å². The van der Waals surface area contributed by atoms with E-state index in [1.165, 1.54) is 0 Å². The number of rotatable bonds is 2. The van der Waals surface area contributed by atoms with Crippen LogP contribution in [-0.2, 0) is 12.4 Å². The molecular formula is C18H17Cl2F6N3Si. The normalized spacial score (nSPS) is 13.5. The van der Waals surface area contributed by atoms with E-state index in [-0.39, 0.29) is 11.0 Å². The van der Waals surface area contributed by atoms with Crippen LogP contribution in [0.1, 0.15) is 37.6 Å². The minimum Gasteiger partial charge on any atom is -0.237 e. The summed E-state index contributed by atoms with van der Waals surface area (Å²) in [4.78, 5) is 0. The van der Waals surface area contributed by atoms with E-state index in [4.69, 9.17) is 23.2 Å². The molecule has 0 aliphatic heterocycles. The van der Waals surface area contributed by atoms with Gasteiger partial charge in [0.1, 0.15) is 25.4 Å². The van der Waals surface area contributed by atoms with Crippen LogP contribution in [0.3, 0.4) is 0 Å². The second-order valence-electron chi connectivity index (χ2n) is 8.25. The summed E-state index contributed by atoms with van der Waals surface area (Å²) in [5, 5.41) is 11.5. The molecule has 164 valence electrons. The lowest BCUT2D eigenvalue weighted by molar-refractivity contribution is -0.141. The highest BCUT2D eigenvalue weighted by atomic mass is 35.5. The Morgan fingerprint density at radius 2 is 1.43 bits per heavy atom. The van der Waals surface area contributed by atoms with Gasteiger partial charge in [0.15, 0.2) is 5.69 Å². The number of aromatic nitrogens is 2. The van der Waals surface area contributed by atoms with Crippen molar-refractivity contribution in [2.45, 2.75) is 51.3 Å². The Bertz CT molecular complexity index is 1000. The lowest BCUT2D eigenvalue weighted by Gasteiger charge is -2.37. The minimum absolute atomic E-state index is 0.0200. The summed E-state index contributed by atoms with van der Waals surface area (Å²) in [6, 6.07) is 2.72. The summed E-state index contributed by atoms with van der Waals surface area (Å²) in [5.41, 5.74) is -3.60. The number of halogens is 8. The van der Waals surface area contributed by atoms with E-state index in [2.05, 4.69) is 5.10 Å². The Balaban J connectivity index is 3.02. The first-order valence-electron chi connectivity index (χ1n) is 8.51. The van der Waals surface area contributed by atoms with Crippen LogP contribution < -0.4 is 5.32 Å². The molecule has 0 saturated carbocycles. The fourth-order valence-corrected chi connectivity index (χ4v) is 5.60. The molecular weight excluding hydrogens is 471 g/mol. The highest BCUT2D eigenvalue weighted by molar-refractivity contribution is 6.92. The smallest absolute Gasteiger partial charge is 0.237 e. The number of hydrogen-bond acceptors (Lipinski definition) is 2. The molecule has 1 aromatic heterocycles. The van der Waals surface area contributed by atoms with E-state index in [9.17, 15) is 31.6 Å². The highest BCUT2D eigenvalue weighted by Gasteiger charge is 2.48. The van der Waals surface area contributed by atoms with Crippen molar-refractivity contribution in [2.24, 2.45) is 0 Å². The summed E-state index contributed by atoms with van der Waals surface area (Å²) in [5.74, 6) is 0. The summed E-state index contributed by atoms with van der Waals surface area (Å²) >= 11 is 12.1. The Morgan fingerprint density at radius 3 is 1.77 bits per heavy atom. The molecule has 0 fully saturated rings. The maximum Gasteiger partial charge on any atom is 0.436 e. The monoisotopic (exact) mass is 487 g/mol. The molecule has 0 amide bonds. The molecule has 1 aromatic carbocycles. The van der Waals surface area contributed by atoms with E-state index in [0.29, 0.717) is 12.1 Å². The molecule has 12 heteroatoms. The number of alkyl halides is 6. The summed E-state index contributed by atoms with van der Waals surface area (Å²) < 4.78 is 80.9. The van der Waals surface area contributed by atoms with Crippen molar-refractivity contribution in [3.8, 4) is 11.8 Å². The largest absolute Gasteiger partial charge is 0.436 e. The third kappa shape index (κ3) is 4.20. The third-order valence-electron chi connectivity index (χ3n) is 5.29. The first-order valence-corrected chi connectivity index (χ1v) is 12.3.